The van der Waals surface area contributed by atoms with Gasteiger partial charge < -0.3 is 19.4 Å². The molecular formula is C26H32BrN3O3. The van der Waals surface area contributed by atoms with E-state index in [0.717, 1.165) is 49.2 Å². The van der Waals surface area contributed by atoms with E-state index in [-0.39, 0.29) is 11.8 Å². The van der Waals surface area contributed by atoms with Crippen molar-refractivity contribution in [3.63, 3.8) is 0 Å². The molecule has 0 unspecified atom stereocenters. The molecule has 0 saturated carbocycles. The molecule has 0 N–H and O–H groups in total. The first kappa shape index (κ1) is 23.8. The summed E-state index contributed by atoms with van der Waals surface area (Å²) in [5.74, 6) is 0.950. The molecule has 0 bridgehead atoms. The summed E-state index contributed by atoms with van der Waals surface area (Å²) < 4.78 is 6.98. The smallest absolute Gasteiger partial charge is 0.255 e. The molecule has 0 radical (unpaired) electrons. The molecule has 2 aromatic carbocycles. The van der Waals surface area contributed by atoms with Crippen molar-refractivity contribution in [2.75, 3.05) is 52.9 Å². The Morgan fingerprint density at radius 2 is 1.64 bits per heavy atom. The van der Waals surface area contributed by atoms with Crippen molar-refractivity contribution in [1.29, 1.82) is 0 Å². The largest absolute Gasteiger partial charge is 0.493 e. The minimum Gasteiger partial charge on any atom is -0.493 e. The molecule has 0 spiro atoms. The number of likely N-dealkylation sites (N-methyl/N-ethyl adjacent to an activating group) is 1. The van der Waals surface area contributed by atoms with E-state index in [2.05, 4.69) is 27.9 Å². The fourth-order valence-electron chi connectivity index (χ4n) is 4.74. The van der Waals surface area contributed by atoms with Gasteiger partial charge in [0.25, 0.3) is 5.91 Å². The lowest BCUT2D eigenvalue weighted by molar-refractivity contribution is -0.137. The minimum absolute atomic E-state index is 0.00157. The molecule has 2 amide bonds. The van der Waals surface area contributed by atoms with Crippen LogP contribution in [0.4, 0.5) is 0 Å². The van der Waals surface area contributed by atoms with Crippen LogP contribution >= 0.6 is 15.9 Å². The fraction of sp³-hybridized carbons (Fsp3) is 0.462. The first-order valence-corrected chi connectivity index (χ1v) is 12.4. The van der Waals surface area contributed by atoms with E-state index in [1.165, 1.54) is 0 Å². The van der Waals surface area contributed by atoms with Crippen LogP contribution < -0.4 is 4.74 Å². The van der Waals surface area contributed by atoms with Crippen LogP contribution in [0.5, 0.6) is 5.75 Å². The molecule has 176 valence electrons. The van der Waals surface area contributed by atoms with Gasteiger partial charge in [-0.15, -0.1) is 0 Å². The van der Waals surface area contributed by atoms with E-state index in [1.54, 1.807) is 0 Å². The van der Waals surface area contributed by atoms with Crippen LogP contribution in [0.3, 0.4) is 0 Å². The zero-order valence-corrected chi connectivity index (χ0v) is 20.8. The van der Waals surface area contributed by atoms with Crippen molar-refractivity contribution in [3.05, 3.63) is 64.6 Å². The third kappa shape index (κ3) is 5.95. The zero-order chi connectivity index (χ0) is 23.3. The Morgan fingerprint density at radius 1 is 0.939 bits per heavy atom. The Kier molecular flexibility index (Phi) is 7.71. The van der Waals surface area contributed by atoms with Crippen LogP contribution in [-0.2, 0) is 4.79 Å². The van der Waals surface area contributed by atoms with Gasteiger partial charge in [-0.2, -0.15) is 0 Å². The van der Waals surface area contributed by atoms with E-state index in [4.69, 9.17) is 4.74 Å². The van der Waals surface area contributed by atoms with Gasteiger partial charge >= 0.3 is 0 Å². The third-order valence-corrected chi connectivity index (χ3v) is 7.41. The van der Waals surface area contributed by atoms with E-state index in [1.807, 2.05) is 64.4 Å². The lowest BCUT2D eigenvalue weighted by atomic mass is 9.77. The Labute approximate surface area is 204 Å². The number of nitrogens with zero attached hydrogens (tertiary/aromatic N) is 3. The quantitative estimate of drug-likeness (QED) is 0.587. The first-order chi connectivity index (χ1) is 16.0. The monoisotopic (exact) mass is 513 g/mol. The summed E-state index contributed by atoms with van der Waals surface area (Å²) in [6, 6.07) is 17.2. The second-order valence-corrected chi connectivity index (χ2v) is 10.1. The summed E-state index contributed by atoms with van der Waals surface area (Å²) >= 11 is 3.51. The molecule has 2 aliphatic rings. The van der Waals surface area contributed by atoms with E-state index in [0.29, 0.717) is 31.7 Å². The van der Waals surface area contributed by atoms with Gasteiger partial charge in [0, 0.05) is 55.6 Å². The molecular weight excluding hydrogens is 482 g/mol. The highest BCUT2D eigenvalue weighted by molar-refractivity contribution is 9.10. The average Bonchev–Trinajstić information content (AvgIpc) is 2.84. The van der Waals surface area contributed by atoms with Crippen molar-refractivity contribution >= 4 is 27.7 Å². The maximum Gasteiger partial charge on any atom is 0.255 e. The lowest BCUT2D eigenvalue weighted by Gasteiger charge is -2.43. The molecule has 6 nitrogen and oxygen atoms in total. The van der Waals surface area contributed by atoms with E-state index in [9.17, 15) is 9.59 Å². The highest BCUT2D eigenvalue weighted by Gasteiger charge is 2.41. The maximum atomic E-state index is 13.4. The van der Waals surface area contributed by atoms with Gasteiger partial charge in [0.2, 0.25) is 5.91 Å². The van der Waals surface area contributed by atoms with Crippen LogP contribution in [-0.4, -0.2) is 79.4 Å². The number of hydrogen-bond acceptors (Lipinski definition) is 4. The van der Waals surface area contributed by atoms with Crippen molar-refractivity contribution in [3.8, 4) is 5.75 Å². The number of ether oxygens (including phenoxy) is 1. The van der Waals surface area contributed by atoms with Crippen molar-refractivity contribution < 1.29 is 14.3 Å². The number of benzene rings is 2. The van der Waals surface area contributed by atoms with Crippen LogP contribution in [0.1, 0.15) is 29.6 Å². The number of piperazine rings is 1. The third-order valence-electron chi connectivity index (χ3n) is 6.72. The van der Waals surface area contributed by atoms with Crippen molar-refractivity contribution in [2.24, 2.45) is 5.41 Å². The van der Waals surface area contributed by atoms with Crippen LogP contribution in [0.25, 0.3) is 0 Å². The predicted octanol–water partition coefficient (Wildman–Crippen LogP) is 3.91. The number of carbonyl (C=O) groups excluding carboxylic acids is 2. The normalized spacial score (nSPS) is 21.6. The Hall–Kier alpha value is -2.38. The number of hydrogen-bond donors (Lipinski definition) is 0. The molecule has 2 heterocycles. The first-order valence-electron chi connectivity index (χ1n) is 11.6. The van der Waals surface area contributed by atoms with Gasteiger partial charge in [-0.3, -0.25) is 9.59 Å². The molecule has 2 fully saturated rings. The highest BCUT2D eigenvalue weighted by Crippen LogP contribution is 2.36. The molecule has 2 saturated heterocycles. The average molecular weight is 514 g/mol. The van der Waals surface area contributed by atoms with Crippen LogP contribution in [0, 0.1) is 5.41 Å². The number of para-hydroxylation sites is 1. The summed E-state index contributed by atoms with van der Waals surface area (Å²) in [4.78, 5) is 32.8. The second-order valence-electron chi connectivity index (χ2n) is 9.27. The van der Waals surface area contributed by atoms with Crippen molar-refractivity contribution in [2.45, 2.75) is 19.3 Å². The predicted molar refractivity (Wildman–Crippen MR) is 132 cm³/mol. The number of amides is 2. The maximum absolute atomic E-state index is 13.4. The molecule has 4 rings (SSSR count). The number of rotatable bonds is 6. The number of carbonyl (C=O) groups is 2. The Morgan fingerprint density at radius 3 is 2.36 bits per heavy atom. The molecule has 7 heteroatoms. The summed E-state index contributed by atoms with van der Waals surface area (Å²) in [5, 5.41) is 0. The standard InChI is InChI=1S/C26H32BrN3O3/c1-28-14-16-29(17-15-28)24(31)18-26(20-33-21-8-3-2-4-9-21)12-7-13-30(19-26)25(32)22-10-5-6-11-23(22)27/h2-6,8-11H,7,12-20H2,1H3/t26-/m1/s1. The topological polar surface area (TPSA) is 53.1 Å². The summed E-state index contributed by atoms with van der Waals surface area (Å²) in [6.07, 6.45) is 2.10. The van der Waals surface area contributed by atoms with Gasteiger partial charge in [0.1, 0.15) is 5.75 Å². The van der Waals surface area contributed by atoms with E-state index >= 15 is 0 Å². The van der Waals surface area contributed by atoms with Gasteiger partial charge in [0.05, 0.1) is 12.2 Å². The Balaban J connectivity index is 1.53. The van der Waals surface area contributed by atoms with Crippen LogP contribution in [0.15, 0.2) is 59.1 Å². The highest BCUT2D eigenvalue weighted by atomic mass is 79.9. The van der Waals surface area contributed by atoms with E-state index < -0.39 is 5.41 Å². The SMILES string of the molecule is CN1CCN(C(=O)C[C@]2(COc3ccccc3)CCCN(C(=O)c3ccccc3Br)C2)CC1. The van der Waals surface area contributed by atoms with Crippen LogP contribution in [0.2, 0.25) is 0 Å². The molecule has 2 aliphatic heterocycles. The number of piperidine rings is 1. The summed E-state index contributed by atoms with van der Waals surface area (Å²) in [6.45, 7) is 4.92. The summed E-state index contributed by atoms with van der Waals surface area (Å²) in [5.41, 5.74) is 0.244. The fourth-order valence-corrected chi connectivity index (χ4v) is 5.20. The van der Waals surface area contributed by atoms with Crippen molar-refractivity contribution in [1.82, 2.24) is 14.7 Å². The molecule has 0 aliphatic carbocycles. The second kappa shape index (κ2) is 10.7. The van der Waals surface area contributed by atoms with Gasteiger partial charge in [0.15, 0.2) is 0 Å². The van der Waals surface area contributed by atoms with Gasteiger partial charge in [-0.1, -0.05) is 30.3 Å². The molecule has 0 aromatic heterocycles. The molecule has 33 heavy (non-hydrogen) atoms. The molecule has 2 aromatic rings. The number of halogens is 1. The number of likely N-dealkylation sites (tertiary alicyclic amines) is 1. The molecule has 1 atom stereocenters. The summed E-state index contributed by atoms with van der Waals surface area (Å²) in [7, 11) is 2.09. The lowest BCUT2D eigenvalue weighted by Crippen LogP contribution is -2.53. The Bertz CT molecular complexity index is 962. The minimum atomic E-state index is -0.411. The zero-order valence-electron chi connectivity index (χ0n) is 19.2. The van der Waals surface area contributed by atoms with Gasteiger partial charge in [-0.05, 0) is 60.1 Å². The van der Waals surface area contributed by atoms with Gasteiger partial charge in [-0.25, -0.2) is 0 Å².